The Labute approximate surface area is 84.1 Å². The number of hydrogen-bond acceptors (Lipinski definition) is 1. The fourth-order valence-electron chi connectivity index (χ4n) is 2.16. The SMILES string of the molecule is Cc1ccc([C@@H]2[C@@H](N)C2(C)C)c(F)c1. The molecule has 1 aliphatic rings. The molecule has 0 amide bonds. The average molecular weight is 193 g/mol. The molecule has 0 saturated heterocycles. The van der Waals surface area contributed by atoms with Gasteiger partial charge in [-0.3, -0.25) is 0 Å². The largest absolute Gasteiger partial charge is 0.327 e. The lowest BCUT2D eigenvalue weighted by atomic mass is 10.0. The molecule has 1 nitrogen and oxygen atoms in total. The van der Waals surface area contributed by atoms with Crippen LogP contribution in [0.1, 0.15) is 30.9 Å². The van der Waals surface area contributed by atoms with Crippen LogP contribution in [-0.2, 0) is 0 Å². The van der Waals surface area contributed by atoms with Crippen LogP contribution in [0.4, 0.5) is 4.39 Å². The van der Waals surface area contributed by atoms with Gasteiger partial charge in [0.05, 0.1) is 0 Å². The summed E-state index contributed by atoms with van der Waals surface area (Å²) < 4.78 is 13.6. The van der Waals surface area contributed by atoms with Crippen LogP contribution >= 0.6 is 0 Å². The maximum atomic E-state index is 13.6. The number of aryl methyl sites for hydroxylation is 1. The summed E-state index contributed by atoms with van der Waals surface area (Å²) in [5.74, 6) is 0.0686. The van der Waals surface area contributed by atoms with Gasteiger partial charge in [-0.05, 0) is 29.5 Å². The molecule has 14 heavy (non-hydrogen) atoms. The molecule has 1 aromatic rings. The van der Waals surface area contributed by atoms with Gasteiger partial charge < -0.3 is 5.73 Å². The second-order valence-electron chi connectivity index (χ2n) is 4.85. The van der Waals surface area contributed by atoms with Gasteiger partial charge in [-0.1, -0.05) is 26.0 Å². The Morgan fingerprint density at radius 3 is 2.36 bits per heavy atom. The third-order valence-electron chi connectivity index (χ3n) is 3.40. The van der Waals surface area contributed by atoms with Crippen molar-refractivity contribution in [3.05, 3.63) is 35.1 Å². The smallest absolute Gasteiger partial charge is 0.127 e. The summed E-state index contributed by atoms with van der Waals surface area (Å²) in [4.78, 5) is 0. The van der Waals surface area contributed by atoms with Gasteiger partial charge in [0.1, 0.15) is 5.82 Å². The average Bonchev–Trinajstić information content (AvgIpc) is 2.54. The first-order chi connectivity index (χ1) is 6.44. The molecule has 76 valence electrons. The van der Waals surface area contributed by atoms with Gasteiger partial charge in [0, 0.05) is 12.0 Å². The zero-order chi connectivity index (χ0) is 10.5. The Morgan fingerprint density at radius 1 is 1.36 bits per heavy atom. The van der Waals surface area contributed by atoms with Crippen molar-refractivity contribution in [2.45, 2.75) is 32.7 Å². The number of benzene rings is 1. The lowest BCUT2D eigenvalue weighted by Crippen LogP contribution is -2.06. The van der Waals surface area contributed by atoms with Gasteiger partial charge in [-0.15, -0.1) is 0 Å². The topological polar surface area (TPSA) is 26.0 Å². The molecule has 0 unspecified atom stereocenters. The summed E-state index contributed by atoms with van der Waals surface area (Å²) in [7, 11) is 0. The van der Waals surface area contributed by atoms with E-state index in [0.717, 1.165) is 11.1 Å². The van der Waals surface area contributed by atoms with E-state index in [4.69, 9.17) is 5.73 Å². The normalized spacial score (nSPS) is 28.9. The Bertz CT molecular complexity index is 371. The molecular weight excluding hydrogens is 177 g/mol. The van der Waals surface area contributed by atoms with E-state index in [1.807, 2.05) is 19.1 Å². The Balaban J connectivity index is 2.36. The zero-order valence-electron chi connectivity index (χ0n) is 8.84. The van der Waals surface area contributed by atoms with E-state index < -0.39 is 0 Å². The van der Waals surface area contributed by atoms with Crippen molar-refractivity contribution in [1.29, 1.82) is 0 Å². The highest BCUT2D eigenvalue weighted by molar-refractivity contribution is 5.36. The van der Waals surface area contributed by atoms with E-state index in [0.29, 0.717) is 0 Å². The molecule has 0 bridgehead atoms. The van der Waals surface area contributed by atoms with E-state index in [2.05, 4.69) is 13.8 Å². The minimum Gasteiger partial charge on any atom is -0.327 e. The van der Waals surface area contributed by atoms with Crippen LogP contribution in [0.25, 0.3) is 0 Å². The maximum Gasteiger partial charge on any atom is 0.127 e. The maximum absolute atomic E-state index is 13.6. The van der Waals surface area contributed by atoms with Crippen molar-refractivity contribution in [3.8, 4) is 0 Å². The quantitative estimate of drug-likeness (QED) is 0.729. The van der Waals surface area contributed by atoms with Gasteiger partial charge in [0.2, 0.25) is 0 Å². The number of nitrogens with two attached hydrogens (primary N) is 1. The highest BCUT2D eigenvalue weighted by Gasteiger charge is 2.56. The predicted molar refractivity (Wildman–Crippen MR) is 55.6 cm³/mol. The Morgan fingerprint density at radius 2 is 1.93 bits per heavy atom. The van der Waals surface area contributed by atoms with E-state index >= 15 is 0 Å². The molecule has 1 saturated carbocycles. The first-order valence-corrected chi connectivity index (χ1v) is 4.96. The third kappa shape index (κ3) is 1.25. The van der Waals surface area contributed by atoms with Crippen molar-refractivity contribution < 1.29 is 4.39 Å². The van der Waals surface area contributed by atoms with Gasteiger partial charge in [-0.2, -0.15) is 0 Å². The molecule has 1 fully saturated rings. The molecule has 1 aromatic carbocycles. The van der Waals surface area contributed by atoms with Gasteiger partial charge in [0.15, 0.2) is 0 Å². The highest BCUT2D eigenvalue weighted by atomic mass is 19.1. The van der Waals surface area contributed by atoms with Crippen LogP contribution in [0.3, 0.4) is 0 Å². The van der Waals surface area contributed by atoms with Gasteiger partial charge in [0.25, 0.3) is 0 Å². The third-order valence-corrected chi connectivity index (χ3v) is 3.40. The van der Waals surface area contributed by atoms with Crippen molar-refractivity contribution in [2.75, 3.05) is 0 Å². The summed E-state index contributed by atoms with van der Waals surface area (Å²) in [5, 5.41) is 0. The van der Waals surface area contributed by atoms with E-state index in [-0.39, 0.29) is 23.2 Å². The van der Waals surface area contributed by atoms with Crippen molar-refractivity contribution >= 4 is 0 Å². The molecule has 2 atom stereocenters. The summed E-state index contributed by atoms with van der Waals surface area (Å²) in [6.07, 6.45) is 0. The minimum atomic E-state index is -0.115. The standard InChI is InChI=1S/C12H16FN/c1-7-4-5-8(9(13)6-7)10-11(14)12(10,2)3/h4-6,10-11H,14H2,1-3H3/t10-,11-/m1/s1. The number of hydrogen-bond donors (Lipinski definition) is 1. The summed E-state index contributed by atoms with van der Waals surface area (Å²) >= 11 is 0. The zero-order valence-corrected chi connectivity index (χ0v) is 8.84. The molecule has 0 spiro atoms. The van der Waals surface area contributed by atoms with Crippen LogP contribution in [0.15, 0.2) is 18.2 Å². The van der Waals surface area contributed by atoms with E-state index in [1.54, 1.807) is 6.07 Å². The fraction of sp³-hybridized carbons (Fsp3) is 0.500. The molecule has 0 aromatic heterocycles. The first-order valence-electron chi connectivity index (χ1n) is 4.96. The molecule has 2 rings (SSSR count). The van der Waals surface area contributed by atoms with Gasteiger partial charge in [-0.25, -0.2) is 4.39 Å². The first kappa shape index (κ1) is 9.66. The molecule has 2 N–H and O–H groups in total. The predicted octanol–water partition coefficient (Wildman–Crippen LogP) is 2.58. The van der Waals surface area contributed by atoms with E-state index in [9.17, 15) is 4.39 Å². The Kier molecular flexibility index (Phi) is 1.93. The molecule has 0 heterocycles. The molecule has 2 heteroatoms. The second kappa shape index (κ2) is 2.80. The fourth-order valence-corrected chi connectivity index (χ4v) is 2.16. The highest BCUT2D eigenvalue weighted by Crippen LogP contribution is 2.57. The van der Waals surface area contributed by atoms with Crippen LogP contribution in [0, 0.1) is 18.2 Å². The summed E-state index contributed by atoms with van der Waals surface area (Å²) in [5.41, 5.74) is 7.70. The molecule has 0 aliphatic heterocycles. The van der Waals surface area contributed by atoms with Crippen LogP contribution in [-0.4, -0.2) is 6.04 Å². The number of rotatable bonds is 1. The lowest BCUT2D eigenvalue weighted by molar-refractivity contribution is 0.570. The van der Waals surface area contributed by atoms with Crippen LogP contribution in [0.2, 0.25) is 0 Å². The lowest BCUT2D eigenvalue weighted by Gasteiger charge is -2.05. The van der Waals surface area contributed by atoms with Crippen molar-refractivity contribution in [2.24, 2.45) is 11.1 Å². The monoisotopic (exact) mass is 193 g/mol. The summed E-state index contributed by atoms with van der Waals surface area (Å²) in [6, 6.07) is 5.49. The minimum absolute atomic E-state index is 0.0517. The van der Waals surface area contributed by atoms with Crippen molar-refractivity contribution in [3.63, 3.8) is 0 Å². The number of halogens is 1. The molecule has 1 aliphatic carbocycles. The second-order valence-corrected chi connectivity index (χ2v) is 4.85. The molecular formula is C12H16FN. The Hall–Kier alpha value is -0.890. The van der Waals surface area contributed by atoms with Crippen LogP contribution < -0.4 is 5.73 Å². The van der Waals surface area contributed by atoms with Crippen molar-refractivity contribution in [1.82, 2.24) is 0 Å². The van der Waals surface area contributed by atoms with E-state index in [1.165, 1.54) is 0 Å². The van der Waals surface area contributed by atoms with Gasteiger partial charge >= 0.3 is 0 Å². The van der Waals surface area contributed by atoms with Crippen LogP contribution in [0.5, 0.6) is 0 Å². The molecule has 0 radical (unpaired) electrons. The summed E-state index contributed by atoms with van der Waals surface area (Å²) in [6.45, 7) is 6.06.